The van der Waals surface area contributed by atoms with Gasteiger partial charge in [0.05, 0.1) is 16.9 Å². The van der Waals surface area contributed by atoms with Crippen LogP contribution in [0.4, 0.5) is 19.1 Å². The van der Waals surface area contributed by atoms with Crippen LogP contribution in [-0.2, 0) is 17.5 Å². The predicted octanol–water partition coefficient (Wildman–Crippen LogP) is 3.83. The number of hydrogen-bond donors (Lipinski definition) is 1. The first-order valence-corrected chi connectivity index (χ1v) is 10.8. The quantitative estimate of drug-likeness (QED) is 0.629. The molecule has 10 heteroatoms. The molecule has 1 amide bonds. The summed E-state index contributed by atoms with van der Waals surface area (Å²) in [4.78, 5) is 23.1. The van der Waals surface area contributed by atoms with Crippen molar-refractivity contribution in [1.82, 2.24) is 25.1 Å². The van der Waals surface area contributed by atoms with Gasteiger partial charge in [-0.05, 0) is 56.5 Å². The summed E-state index contributed by atoms with van der Waals surface area (Å²) in [6, 6.07) is 7.62. The van der Waals surface area contributed by atoms with Crippen molar-refractivity contribution in [2.45, 2.75) is 39.4 Å². The van der Waals surface area contributed by atoms with Gasteiger partial charge in [-0.2, -0.15) is 18.3 Å². The Morgan fingerprint density at radius 1 is 1.12 bits per heavy atom. The minimum atomic E-state index is -4.55. The highest BCUT2D eigenvalue weighted by molar-refractivity contribution is 5.79. The van der Waals surface area contributed by atoms with Gasteiger partial charge in [-0.15, -0.1) is 0 Å². The first-order valence-electron chi connectivity index (χ1n) is 10.8. The van der Waals surface area contributed by atoms with E-state index in [2.05, 4.69) is 20.4 Å². The van der Waals surface area contributed by atoms with Crippen LogP contribution in [0.1, 0.15) is 35.4 Å². The zero-order chi connectivity index (χ0) is 23.6. The molecule has 1 saturated heterocycles. The minimum absolute atomic E-state index is 0.0243. The Labute approximate surface area is 189 Å². The number of carbonyl (C=O) groups is 1. The summed E-state index contributed by atoms with van der Waals surface area (Å²) in [6.07, 6.45) is -0.0354. The molecule has 0 aliphatic carbocycles. The highest BCUT2D eigenvalue weighted by atomic mass is 19.4. The third-order valence-electron chi connectivity index (χ3n) is 5.81. The molecular formula is C23H25F3N6O. The van der Waals surface area contributed by atoms with E-state index in [0.717, 1.165) is 17.5 Å². The lowest BCUT2D eigenvalue weighted by Crippen LogP contribution is -2.41. The monoisotopic (exact) mass is 458 g/mol. The minimum Gasteiger partial charge on any atom is -0.352 e. The van der Waals surface area contributed by atoms with Gasteiger partial charge in [0, 0.05) is 43.6 Å². The second-order valence-corrected chi connectivity index (χ2v) is 8.21. The molecule has 1 aliphatic rings. The van der Waals surface area contributed by atoms with Gasteiger partial charge in [0.25, 0.3) is 0 Å². The molecule has 0 atom stereocenters. The molecule has 1 N–H and O–H groups in total. The molecule has 1 aliphatic heterocycles. The smallest absolute Gasteiger partial charge is 0.352 e. The Kier molecular flexibility index (Phi) is 6.35. The fraction of sp³-hybridized carbons (Fsp3) is 0.391. The second-order valence-electron chi connectivity index (χ2n) is 8.21. The van der Waals surface area contributed by atoms with Gasteiger partial charge in [0.15, 0.2) is 0 Å². The van der Waals surface area contributed by atoms with E-state index in [1.54, 1.807) is 44.4 Å². The van der Waals surface area contributed by atoms with Crippen LogP contribution in [-0.4, -0.2) is 38.7 Å². The fourth-order valence-electron chi connectivity index (χ4n) is 4.13. The summed E-state index contributed by atoms with van der Waals surface area (Å²) in [5, 5.41) is 6.96. The number of rotatable bonds is 5. The summed E-state index contributed by atoms with van der Waals surface area (Å²) in [7, 11) is 0. The van der Waals surface area contributed by atoms with Gasteiger partial charge in [-0.25, -0.2) is 14.6 Å². The summed E-state index contributed by atoms with van der Waals surface area (Å²) in [6.45, 7) is 4.62. The highest BCUT2D eigenvalue weighted by Gasteiger charge is 2.34. The molecule has 2 aromatic heterocycles. The molecule has 1 fully saturated rings. The number of hydrogen-bond acceptors (Lipinski definition) is 5. The average Bonchev–Trinajstić information content (AvgIpc) is 3.15. The van der Waals surface area contributed by atoms with Crippen LogP contribution in [0.15, 0.2) is 42.7 Å². The number of nitrogens with zero attached hydrogens (tertiary/aromatic N) is 5. The van der Waals surface area contributed by atoms with Gasteiger partial charge >= 0.3 is 6.18 Å². The van der Waals surface area contributed by atoms with Gasteiger partial charge < -0.3 is 10.2 Å². The lowest BCUT2D eigenvalue weighted by atomic mass is 9.96. The topological polar surface area (TPSA) is 75.9 Å². The molecule has 0 bridgehead atoms. The van der Waals surface area contributed by atoms with Gasteiger partial charge in [-0.3, -0.25) is 4.79 Å². The Morgan fingerprint density at radius 3 is 2.42 bits per heavy atom. The Hall–Kier alpha value is -3.43. The van der Waals surface area contributed by atoms with E-state index in [9.17, 15) is 18.0 Å². The van der Waals surface area contributed by atoms with Crippen molar-refractivity contribution in [2.75, 3.05) is 18.0 Å². The van der Waals surface area contributed by atoms with Crippen molar-refractivity contribution in [3.05, 3.63) is 65.2 Å². The second kappa shape index (κ2) is 9.21. The molecule has 174 valence electrons. The third-order valence-corrected chi connectivity index (χ3v) is 5.81. The summed E-state index contributed by atoms with van der Waals surface area (Å²) >= 11 is 0. The number of aryl methyl sites for hydroxylation is 2. The molecule has 7 nitrogen and oxygen atoms in total. The number of aromatic nitrogens is 4. The maximum Gasteiger partial charge on any atom is 0.416 e. The first kappa shape index (κ1) is 22.8. The van der Waals surface area contributed by atoms with Crippen LogP contribution >= 0.6 is 0 Å². The van der Waals surface area contributed by atoms with Crippen LogP contribution in [0.2, 0.25) is 0 Å². The molecule has 0 spiro atoms. The number of alkyl halides is 3. The lowest BCUT2D eigenvalue weighted by molar-refractivity contribution is -0.138. The number of anilines is 1. The van der Waals surface area contributed by atoms with Crippen LogP contribution in [0, 0.1) is 19.8 Å². The molecule has 3 heterocycles. The zero-order valence-electron chi connectivity index (χ0n) is 18.4. The molecule has 0 radical (unpaired) electrons. The highest BCUT2D eigenvalue weighted by Crippen LogP contribution is 2.34. The SMILES string of the molecule is Cc1cc(C)n(-c2ccc(CNC(=O)C3CCN(c4ncccn4)CC3)c(C(F)(F)F)c2)n1. The maximum absolute atomic E-state index is 13.8. The molecule has 33 heavy (non-hydrogen) atoms. The van der Waals surface area contributed by atoms with Crippen LogP contribution in [0.5, 0.6) is 0 Å². The van der Waals surface area contributed by atoms with E-state index in [-0.39, 0.29) is 23.9 Å². The number of carbonyl (C=O) groups excluding carboxylic acids is 1. The Balaban J connectivity index is 1.42. The average molecular weight is 458 g/mol. The van der Waals surface area contributed by atoms with Gasteiger partial charge in [0.2, 0.25) is 11.9 Å². The van der Waals surface area contributed by atoms with E-state index in [4.69, 9.17) is 0 Å². The van der Waals surface area contributed by atoms with E-state index in [0.29, 0.717) is 37.6 Å². The predicted molar refractivity (Wildman–Crippen MR) is 117 cm³/mol. The van der Waals surface area contributed by atoms with E-state index in [1.165, 1.54) is 10.7 Å². The van der Waals surface area contributed by atoms with Gasteiger partial charge in [0.1, 0.15) is 0 Å². The molecular weight excluding hydrogens is 433 g/mol. The van der Waals surface area contributed by atoms with E-state index >= 15 is 0 Å². The Morgan fingerprint density at radius 2 is 1.82 bits per heavy atom. The standard InChI is InChI=1S/C23H25F3N6O/c1-15-12-16(2)32(30-15)19-5-4-18(20(13-19)23(24,25)26)14-29-21(33)17-6-10-31(11-7-17)22-27-8-3-9-28-22/h3-5,8-9,12-13,17H,6-7,10-11,14H2,1-2H3,(H,29,33). The zero-order valence-corrected chi connectivity index (χ0v) is 18.4. The number of halogens is 3. The van der Waals surface area contributed by atoms with Crippen molar-refractivity contribution in [3.63, 3.8) is 0 Å². The first-order chi connectivity index (χ1) is 15.7. The molecule has 1 aromatic carbocycles. The lowest BCUT2D eigenvalue weighted by Gasteiger charge is -2.31. The van der Waals surface area contributed by atoms with E-state index in [1.807, 2.05) is 4.90 Å². The number of nitrogens with one attached hydrogen (secondary N) is 1. The van der Waals surface area contributed by atoms with Crippen molar-refractivity contribution < 1.29 is 18.0 Å². The van der Waals surface area contributed by atoms with Crippen molar-refractivity contribution >= 4 is 11.9 Å². The summed E-state index contributed by atoms with van der Waals surface area (Å²) in [5.74, 6) is 0.126. The van der Waals surface area contributed by atoms with Crippen molar-refractivity contribution in [1.29, 1.82) is 0 Å². The third kappa shape index (κ3) is 5.15. The van der Waals surface area contributed by atoms with Crippen molar-refractivity contribution in [2.24, 2.45) is 5.92 Å². The molecule has 3 aromatic rings. The molecule has 4 rings (SSSR count). The maximum atomic E-state index is 13.8. The summed E-state index contributed by atoms with van der Waals surface area (Å²) < 4.78 is 42.8. The van der Waals surface area contributed by atoms with E-state index < -0.39 is 11.7 Å². The van der Waals surface area contributed by atoms with Crippen LogP contribution < -0.4 is 10.2 Å². The molecule has 0 saturated carbocycles. The molecule has 0 unspecified atom stereocenters. The number of benzene rings is 1. The summed E-state index contributed by atoms with van der Waals surface area (Å²) in [5.41, 5.74) is 1.05. The van der Waals surface area contributed by atoms with Gasteiger partial charge in [-0.1, -0.05) is 6.07 Å². The van der Waals surface area contributed by atoms with Crippen LogP contribution in [0.25, 0.3) is 5.69 Å². The number of piperidine rings is 1. The van der Waals surface area contributed by atoms with Crippen LogP contribution in [0.3, 0.4) is 0 Å². The van der Waals surface area contributed by atoms with Crippen molar-refractivity contribution in [3.8, 4) is 5.69 Å². The number of amides is 1. The fourth-order valence-corrected chi connectivity index (χ4v) is 4.13. The largest absolute Gasteiger partial charge is 0.416 e. The normalized spacial score (nSPS) is 15.0. The Bertz CT molecular complexity index is 1120.